The highest BCUT2D eigenvalue weighted by atomic mass is 32.2. The van der Waals surface area contributed by atoms with E-state index >= 15 is 0 Å². The van der Waals surface area contributed by atoms with Gasteiger partial charge in [-0.15, -0.1) is 5.10 Å². The highest BCUT2D eigenvalue weighted by Crippen LogP contribution is 2.37. The molecule has 0 spiro atoms. The normalized spacial score (nSPS) is 19.1. The Kier molecular flexibility index (Phi) is 4.49. The fourth-order valence-corrected chi connectivity index (χ4v) is 3.00. The lowest BCUT2D eigenvalue weighted by Crippen LogP contribution is -2.28. The second-order valence-corrected chi connectivity index (χ2v) is 6.86. The van der Waals surface area contributed by atoms with Crippen molar-refractivity contribution in [2.45, 2.75) is 24.4 Å². The molecule has 12 heteroatoms. The van der Waals surface area contributed by atoms with Crippen LogP contribution >= 0.6 is 0 Å². The number of pyridine rings is 1. The summed E-state index contributed by atoms with van der Waals surface area (Å²) in [5.74, 6) is -0.823. The summed E-state index contributed by atoms with van der Waals surface area (Å²) in [7, 11) is -4.62. The second-order valence-electron chi connectivity index (χ2n) is 5.32. The van der Waals surface area contributed by atoms with Gasteiger partial charge in [0.05, 0.1) is 25.3 Å². The molecule has 3 heterocycles. The van der Waals surface area contributed by atoms with E-state index in [0.717, 1.165) is 6.42 Å². The third-order valence-corrected chi connectivity index (χ3v) is 4.65. The van der Waals surface area contributed by atoms with Gasteiger partial charge in [0, 0.05) is 12.8 Å². The summed E-state index contributed by atoms with van der Waals surface area (Å²) in [6.45, 7) is 0.874. The Morgan fingerprint density at radius 2 is 2.12 bits per heavy atom. The Balaban J connectivity index is 2.14. The molecule has 2 aromatic heterocycles. The van der Waals surface area contributed by atoms with Crippen molar-refractivity contribution in [3.63, 3.8) is 0 Å². The van der Waals surface area contributed by atoms with Crippen LogP contribution in [0, 0.1) is 0 Å². The summed E-state index contributed by atoms with van der Waals surface area (Å²) >= 11 is 0. The summed E-state index contributed by atoms with van der Waals surface area (Å²) in [5, 5.41) is 3.88. The van der Waals surface area contributed by atoms with Crippen molar-refractivity contribution in [2.24, 2.45) is 0 Å². The number of ether oxygens (including phenoxy) is 2. The molecule has 3 rings (SSSR count). The number of fused-ring (bicyclic) bond motifs is 1. The standard InChI is InChI=1S/C13H14F3N3O5S/c1-22-11-10-9(4-5-17-11)19(8-3-2-6-23-7-8)18-12(10)24-25(20,21)13(14,15)16/h4-5,8H,2-3,6-7H2,1H3. The van der Waals surface area contributed by atoms with Gasteiger partial charge in [0.25, 0.3) is 5.88 Å². The van der Waals surface area contributed by atoms with Crippen LogP contribution in [0.2, 0.25) is 0 Å². The van der Waals surface area contributed by atoms with Crippen LogP contribution in [-0.2, 0) is 14.9 Å². The number of methoxy groups -OCH3 is 1. The topological polar surface area (TPSA) is 92.5 Å². The van der Waals surface area contributed by atoms with Gasteiger partial charge in [0.15, 0.2) is 0 Å². The van der Waals surface area contributed by atoms with Crippen LogP contribution in [0.1, 0.15) is 18.9 Å². The number of halogens is 3. The van der Waals surface area contributed by atoms with Crippen LogP contribution < -0.4 is 8.92 Å². The Bertz CT molecular complexity index is 875. The van der Waals surface area contributed by atoms with Crippen molar-refractivity contribution in [3.8, 4) is 11.8 Å². The Morgan fingerprint density at radius 3 is 2.72 bits per heavy atom. The van der Waals surface area contributed by atoms with Gasteiger partial charge in [-0.05, 0) is 18.9 Å². The fraction of sp³-hybridized carbons (Fsp3) is 0.538. The number of rotatable bonds is 4. The van der Waals surface area contributed by atoms with Gasteiger partial charge < -0.3 is 13.7 Å². The first-order valence-electron chi connectivity index (χ1n) is 7.24. The zero-order valence-corrected chi connectivity index (χ0v) is 13.8. The van der Waals surface area contributed by atoms with Crippen molar-refractivity contribution >= 4 is 21.0 Å². The van der Waals surface area contributed by atoms with Crippen molar-refractivity contribution < 1.29 is 35.2 Å². The number of hydrogen-bond donors (Lipinski definition) is 0. The first-order chi connectivity index (χ1) is 11.7. The lowest BCUT2D eigenvalue weighted by molar-refractivity contribution is -0.0501. The Morgan fingerprint density at radius 1 is 1.36 bits per heavy atom. The molecule has 0 aromatic carbocycles. The van der Waals surface area contributed by atoms with Crippen molar-refractivity contribution in [1.82, 2.24) is 14.8 Å². The van der Waals surface area contributed by atoms with Crippen molar-refractivity contribution in [2.75, 3.05) is 20.3 Å². The van der Waals surface area contributed by atoms with Crippen molar-refractivity contribution in [3.05, 3.63) is 12.3 Å². The third-order valence-electron chi connectivity index (χ3n) is 3.70. The average Bonchev–Trinajstić information content (AvgIpc) is 2.93. The number of hydrogen-bond acceptors (Lipinski definition) is 7. The summed E-state index contributed by atoms with van der Waals surface area (Å²) in [4.78, 5) is 3.87. The SMILES string of the molecule is COc1nccc2c1c(OS(=O)(=O)C(F)(F)F)nn2C1CCCOC1. The van der Waals surface area contributed by atoms with E-state index in [1.54, 1.807) is 0 Å². The van der Waals surface area contributed by atoms with Gasteiger partial charge in [-0.2, -0.15) is 21.6 Å². The summed E-state index contributed by atoms with van der Waals surface area (Å²) in [5.41, 5.74) is -5.23. The van der Waals surface area contributed by atoms with Crippen LogP contribution in [0.25, 0.3) is 10.9 Å². The smallest absolute Gasteiger partial charge is 0.480 e. The van der Waals surface area contributed by atoms with Crippen molar-refractivity contribution in [1.29, 1.82) is 0 Å². The predicted octanol–water partition coefficient (Wildman–Crippen LogP) is 2.02. The molecule has 0 amide bonds. The first kappa shape index (κ1) is 17.7. The molecule has 0 aliphatic carbocycles. The van der Waals surface area contributed by atoms with E-state index in [4.69, 9.17) is 9.47 Å². The summed E-state index contributed by atoms with van der Waals surface area (Å²) in [6.07, 6.45) is 2.79. The van der Waals surface area contributed by atoms with Gasteiger partial charge in [0.2, 0.25) is 5.88 Å². The van der Waals surface area contributed by atoms with Crippen LogP contribution in [0.4, 0.5) is 13.2 Å². The monoisotopic (exact) mass is 381 g/mol. The maximum atomic E-state index is 12.6. The molecule has 0 bridgehead atoms. The third kappa shape index (κ3) is 3.23. The molecular formula is C13H14F3N3O5S. The highest BCUT2D eigenvalue weighted by molar-refractivity contribution is 7.88. The average molecular weight is 381 g/mol. The van der Waals surface area contributed by atoms with E-state index in [9.17, 15) is 21.6 Å². The minimum atomic E-state index is -5.88. The largest absolute Gasteiger partial charge is 0.534 e. The molecule has 25 heavy (non-hydrogen) atoms. The van der Waals surface area contributed by atoms with Gasteiger partial charge >= 0.3 is 15.6 Å². The molecule has 8 nitrogen and oxygen atoms in total. The quantitative estimate of drug-likeness (QED) is 0.591. The van der Waals surface area contributed by atoms with Gasteiger partial charge in [-0.25, -0.2) is 4.98 Å². The minimum absolute atomic E-state index is 0.0524. The molecule has 138 valence electrons. The number of aromatic nitrogens is 3. The molecule has 1 aliphatic heterocycles. The van der Waals surface area contributed by atoms with Crippen LogP contribution in [-0.4, -0.2) is 49.0 Å². The predicted molar refractivity (Wildman–Crippen MR) is 78.8 cm³/mol. The van der Waals surface area contributed by atoms with Gasteiger partial charge in [-0.3, -0.25) is 4.68 Å². The number of alkyl halides is 3. The van der Waals surface area contributed by atoms with E-state index < -0.39 is 21.5 Å². The second kappa shape index (κ2) is 6.33. The lowest BCUT2D eigenvalue weighted by atomic mass is 10.1. The van der Waals surface area contributed by atoms with Gasteiger partial charge in [0.1, 0.15) is 5.39 Å². The Hall–Kier alpha value is -2.08. The maximum absolute atomic E-state index is 12.6. The molecule has 1 aliphatic rings. The molecule has 1 atom stereocenters. The zero-order valence-electron chi connectivity index (χ0n) is 13.0. The summed E-state index contributed by atoms with van der Waals surface area (Å²) < 4.78 is 76.7. The van der Waals surface area contributed by atoms with E-state index in [2.05, 4.69) is 14.3 Å². The number of nitrogens with zero attached hydrogens (tertiary/aromatic N) is 3. The molecule has 2 aromatic rings. The highest BCUT2D eigenvalue weighted by Gasteiger charge is 2.49. The molecule has 1 saturated heterocycles. The fourth-order valence-electron chi connectivity index (χ4n) is 2.59. The lowest BCUT2D eigenvalue weighted by Gasteiger charge is -2.22. The van der Waals surface area contributed by atoms with E-state index in [1.807, 2.05) is 0 Å². The molecule has 0 N–H and O–H groups in total. The summed E-state index contributed by atoms with van der Waals surface area (Å²) in [6, 6.07) is 1.22. The van der Waals surface area contributed by atoms with Crippen LogP contribution in [0.3, 0.4) is 0 Å². The molecule has 1 unspecified atom stereocenters. The molecule has 1 fully saturated rings. The van der Waals surface area contributed by atoms with E-state index in [1.165, 1.54) is 24.1 Å². The minimum Gasteiger partial charge on any atom is -0.480 e. The zero-order chi connectivity index (χ0) is 18.2. The van der Waals surface area contributed by atoms with Gasteiger partial charge in [-0.1, -0.05) is 0 Å². The molecule has 0 radical (unpaired) electrons. The van der Waals surface area contributed by atoms with E-state index in [-0.39, 0.29) is 17.3 Å². The van der Waals surface area contributed by atoms with E-state index in [0.29, 0.717) is 25.2 Å². The van der Waals surface area contributed by atoms with Crippen LogP contribution in [0.15, 0.2) is 12.3 Å². The van der Waals surface area contributed by atoms with Crippen LogP contribution in [0.5, 0.6) is 11.8 Å². The first-order valence-corrected chi connectivity index (χ1v) is 8.65. The Labute approximate surface area is 140 Å². The molecule has 0 saturated carbocycles. The molecular weight excluding hydrogens is 367 g/mol. The maximum Gasteiger partial charge on any atom is 0.534 e.